The van der Waals surface area contributed by atoms with Gasteiger partial charge < -0.3 is 14.8 Å². The van der Waals surface area contributed by atoms with Crippen LogP contribution in [-0.2, 0) is 14.8 Å². The summed E-state index contributed by atoms with van der Waals surface area (Å²) in [4.78, 5) is 12.1. The molecule has 0 radical (unpaired) electrons. The summed E-state index contributed by atoms with van der Waals surface area (Å²) in [6.45, 7) is 0.253. The monoisotopic (exact) mass is 396 g/mol. The van der Waals surface area contributed by atoms with Crippen molar-refractivity contribution >= 4 is 15.9 Å². The van der Waals surface area contributed by atoms with Gasteiger partial charge in [0.2, 0.25) is 15.9 Å². The van der Waals surface area contributed by atoms with Gasteiger partial charge in [-0.1, -0.05) is 11.6 Å². The Bertz CT molecular complexity index is 789. The van der Waals surface area contributed by atoms with Crippen LogP contribution in [0.25, 0.3) is 0 Å². The molecule has 0 bridgehead atoms. The molecule has 1 aliphatic carbocycles. The number of nitrogens with one attached hydrogen (secondary N) is 1. The van der Waals surface area contributed by atoms with Crippen molar-refractivity contribution in [3.8, 4) is 11.5 Å². The Morgan fingerprint density at radius 1 is 1.22 bits per heavy atom. The highest BCUT2D eigenvalue weighted by Crippen LogP contribution is 2.30. The third kappa shape index (κ3) is 5.71. The lowest BCUT2D eigenvalue weighted by Crippen LogP contribution is -2.38. The van der Waals surface area contributed by atoms with Crippen molar-refractivity contribution in [2.45, 2.75) is 37.0 Å². The second-order valence-electron chi connectivity index (χ2n) is 6.49. The number of benzene rings is 1. The summed E-state index contributed by atoms with van der Waals surface area (Å²) in [5.74, 6) is 0.264. The van der Waals surface area contributed by atoms with Gasteiger partial charge in [-0.25, -0.2) is 8.42 Å². The molecule has 0 saturated heterocycles. The van der Waals surface area contributed by atoms with Gasteiger partial charge in [-0.3, -0.25) is 4.79 Å². The number of carbonyl (C=O) groups excluding carboxylic acids is 1. The Balaban J connectivity index is 1.98. The first-order chi connectivity index (χ1) is 12.9. The molecule has 1 amide bonds. The average molecular weight is 397 g/mol. The van der Waals surface area contributed by atoms with Crippen LogP contribution in [0.2, 0.25) is 0 Å². The number of hydrogen-bond donors (Lipinski definition) is 1. The third-order valence-corrected chi connectivity index (χ3v) is 6.40. The van der Waals surface area contributed by atoms with E-state index >= 15 is 0 Å². The Labute approximate surface area is 161 Å². The van der Waals surface area contributed by atoms with Gasteiger partial charge >= 0.3 is 0 Å². The molecule has 1 aromatic carbocycles. The van der Waals surface area contributed by atoms with Crippen LogP contribution < -0.4 is 14.8 Å². The Kier molecular flexibility index (Phi) is 7.67. The SMILES string of the molecule is COc1ccc(OC)c(S(=O)(=O)N(C)CC(=O)NCCC2=CCCCC2)c1. The molecule has 7 nitrogen and oxygen atoms in total. The Morgan fingerprint density at radius 3 is 2.63 bits per heavy atom. The van der Waals surface area contributed by atoms with E-state index in [-0.39, 0.29) is 23.1 Å². The van der Waals surface area contributed by atoms with Crippen molar-refractivity contribution in [2.75, 3.05) is 34.4 Å². The number of sulfonamides is 1. The van der Waals surface area contributed by atoms with Gasteiger partial charge in [0.25, 0.3) is 0 Å². The molecular weight excluding hydrogens is 368 g/mol. The normalized spacial score (nSPS) is 14.6. The maximum atomic E-state index is 12.8. The molecule has 0 aromatic heterocycles. The summed E-state index contributed by atoms with van der Waals surface area (Å²) in [5.41, 5.74) is 1.36. The minimum atomic E-state index is -3.90. The molecule has 1 aromatic rings. The molecule has 0 unspecified atom stereocenters. The molecule has 2 rings (SSSR count). The molecular formula is C19H28N2O5S. The van der Waals surface area contributed by atoms with Crippen LogP contribution >= 0.6 is 0 Å². The second kappa shape index (κ2) is 9.75. The van der Waals surface area contributed by atoms with Crippen molar-refractivity contribution in [2.24, 2.45) is 0 Å². The van der Waals surface area contributed by atoms with Gasteiger partial charge in [0, 0.05) is 19.7 Å². The van der Waals surface area contributed by atoms with Crippen molar-refractivity contribution < 1.29 is 22.7 Å². The largest absolute Gasteiger partial charge is 0.497 e. The first kappa shape index (κ1) is 21.2. The summed E-state index contributed by atoms with van der Waals surface area (Å²) in [5, 5.41) is 2.79. The quantitative estimate of drug-likeness (QED) is 0.648. The lowest BCUT2D eigenvalue weighted by Gasteiger charge is -2.19. The minimum Gasteiger partial charge on any atom is -0.497 e. The zero-order chi connectivity index (χ0) is 19.9. The highest BCUT2D eigenvalue weighted by Gasteiger charge is 2.27. The van der Waals surface area contributed by atoms with Crippen LogP contribution in [0.5, 0.6) is 11.5 Å². The standard InChI is InChI=1S/C19H28N2O5S/c1-21(14-19(22)20-12-11-15-7-5-4-6-8-15)27(23,24)18-13-16(25-2)9-10-17(18)26-3/h7,9-10,13H,4-6,8,11-12,14H2,1-3H3,(H,20,22). The summed E-state index contributed by atoms with van der Waals surface area (Å²) in [6, 6.07) is 4.53. The van der Waals surface area contributed by atoms with E-state index in [0.29, 0.717) is 12.3 Å². The first-order valence-corrected chi connectivity index (χ1v) is 10.5. The molecule has 0 atom stereocenters. The van der Waals surface area contributed by atoms with Gasteiger partial charge in [0.05, 0.1) is 20.8 Å². The average Bonchev–Trinajstić information content (AvgIpc) is 2.68. The fourth-order valence-corrected chi connectivity index (χ4v) is 4.28. The minimum absolute atomic E-state index is 0.0352. The molecule has 27 heavy (non-hydrogen) atoms. The van der Waals surface area contributed by atoms with E-state index in [9.17, 15) is 13.2 Å². The number of allylic oxidation sites excluding steroid dienone is 1. The predicted octanol–water partition coefficient (Wildman–Crippen LogP) is 2.33. The van der Waals surface area contributed by atoms with Crippen molar-refractivity contribution in [3.63, 3.8) is 0 Å². The number of ether oxygens (including phenoxy) is 2. The third-order valence-electron chi connectivity index (χ3n) is 4.58. The van der Waals surface area contributed by atoms with E-state index in [1.54, 1.807) is 6.07 Å². The maximum Gasteiger partial charge on any atom is 0.247 e. The zero-order valence-corrected chi connectivity index (χ0v) is 17.0. The summed E-state index contributed by atoms with van der Waals surface area (Å²) in [6.07, 6.45) is 7.66. The van der Waals surface area contributed by atoms with Crippen LogP contribution in [0.3, 0.4) is 0 Å². The number of rotatable bonds is 9. The van der Waals surface area contributed by atoms with Gasteiger partial charge in [-0.2, -0.15) is 4.31 Å². The summed E-state index contributed by atoms with van der Waals surface area (Å²) >= 11 is 0. The second-order valence-corrected chi connectivity index (χ2v) is 8.50. The number of methoxy groups -OCH3 is 2. The maximum absolute atomic E-state index is 12.8. The fraction of sp³-hybridized carbons (Fsp3) is 0.526. The molecule has 1 aliphatic rings. The molecule has 1 N–H and O–H groups in total. The van der Waals surface area contributed by atoms with Crippen LogP contribution in [0.1, 0.15) is 32.1 Å². The lowest BCUT2D eigenvalue weighted by molar-refractivity contribution is -0.121. The topological polar surface area (TPSA) is 84.9 Å². The molecule has 0 saturated carbocycles. The van der Waals surface area contributed by atoms with E-state index in [2.05, 4.69) is 11.4 Å². The van der Waals surface area contributed by atoms with Crippen LogP contribution in [0.4, 0.5) is 0 Å². The number of carbonyl (C=O) groups is 1. The molecule has 0 fully saturated rings. The zero-order valence-electron chi connectivity index (χ0n) is 16.2. The van der Waals surface area contributed by atoms with Crippen molar-refractivity contribution in [1.29, 1.82) is 0 Å². The van der Waals surface area contributed by atoms with Crippen LogP contribution in [0, 0.1) is 0 Å². The van der Waals surface area contributed by atoms with Crippen molar-refractivity contribution in [1.82, 2.24) is 9.62 Å². The molecule has 0 aliphatic heterocycles. The van der Waals surface area contributed by atoms with Gasteiger partial charge in [0.15, 0.2) is 0 Å². The summed E-state index contributed by atoms with van der Waals surface area (Å²) in [7, 11) is 0.326. The van der Waals surface area contributed by atoms with E-state index in [1.807, 2.05) is 0 Å². The number of hydrogen-bond acceptors (Lipinski definition) is 5. The fourth-order valence-electron chi connectivity index (χ4n) is 2.99. The Hall–Kier alpha value is -2.06. The van der Waals surface area contributed by atoms with E-state index in [1.165, 1.54) is 51.8 Å². The highest BCUT2D eigenvalue weighted by molar-refractivity contribution is 7.89. The number of nitrogens with zero attached hydrogens (tertiary/aromatic N) is 1. The van der Waals surface area contributed by atoms with Crippen LogP contribution in [0.15, 0.2) is 34.7 Å². The van der Waals surface area contributed by atoms with Gasteiger partial charge in [-0.15, -0.1) is 0 Å². The predicted molar refractivity (Wildman–Crippen MR) is 104 cm³/mol. The van der Waals surface area contributed by atoms with Gasteiger partial charge in [-0.05, 0) is 44.2 Å². The van der Waals surface area contributed by atoms with Gasteiger partial charge in [0.1, 0.15) is 16.4 Å². The molecule has 8 heteroatoms. The van der Waals surface area contributed by atoms with Crippen LogP contribution in [-0.4, -0.2) is 53.0 Å². The van der Waals surface area contributed by atoms with E-state index in [0.717, 1.165) is 23.6 Å². The lowest BCUT2D eigenvalue weighted by atomic mass is 9.97. The number of amides is 1. The molecule has 0 heterocycles. The molecule has 150 valence electrons. The van der Waals surface area contributed by atoms with Crippen molar-refractivity contribution in [3.05, 3.63) is 29.8 Å². The smallest absolute Gasteiger partial charge is 0.247 e. The number of likely N-dealkylation sites (N-methyl/N-ethyl adjacent to an activating group) is 1. The highest BCUT2D eigenvalue weighted by atomic mass is 32.2. The molecule has 0 spiro atoms. The van der Waals surface area contributed by atoms with E-state index < -0.39 is 10.0 Å². The Morgan fingerprint density at radius 2 is 2.00 bits per heavy atom. The first-order valence-electron chi connectivity index (χ1n) is 9.01. The van der Waals surface area contributed by atoms with E-state index in [4.69, 9.17) is 9.47 Å². The summed E-state index contributed by atoms with van der Waals surface area (Å²) < 4.78 is 36.9.